The Morgan fingerprint density at radius 2 is 1.90 bits per heavy atom. The summed E-state index contributed by atoms with van der Waals surface area (Å²) in [6.45, 7) is 4.21. The number of carbonyl (C=O) groups is 2. The molecule has 0 atom stereocenters. The molecule has 7 heteroatoms. The van der Waals surface area contributed by atoms with E-state index in [-0.39, 0.29) is 11.8 Å². The van der Waals surface area contributed by atoms with Crippen LogP contribution in [0.15, 0.2) is 42.6 Å². The average molecular weight is 422 g/mol. The van der Waals surface area contributed by atoms with Crippen molar-refractivity contribution in [3.05, 3.63) is 53.9 Å². The number of aromatic nitrogens is 1. The number of nitrogens with one attached hydrogen (secondary N) is 2. The van der Waals surface area contributed by atoms with E-state index in [1.165, 1.54) is 19.3 Å². The van der Waals surface area contributed by atoms with E-state index >= 15 is 0 Å². The van der Waals surface area contributed by atoms with Crippen LogP contribution in [-0.4, -0.2) is 66.4 Å². The molecule has 1 saturated heterocycles. The predicted molar refractivity (Wildman–Crippen MR) is 122 cm³/mol. The smallest absolute Gasteiger partial charge is 0.276 e. The van der Waals surface area contributed by atoms with Crippen LogP contribution in [0.1, 0.15) is 35.3 Å². The zero-order chi connectivity index (χ0) is 21.6. The maximum atomic E-state index is 12.9. The summed E-state index contributed by atoms with van der Waals surface area (Å²) in [5.41, 5.74) is 2.71. The number of piperazine rings is 1. The molecule has 1 aliphatic heterocycles. The minimum atomic E-state index is -0.251. The van der Waals surface area contributed by atoms with Crippen molar-refractivity contribution in [1.82, 2.24) is 14.8 Å². The van der Waals surface area contributed by atoms with Crippen molar-refractivity contribution in [3.63, 3.8) is 0 Å². The van der Waals surface area contributed by atoms with E-state index in [0.29, 0.717) is 23.7 Å². The van der Waals surface area contributed by atoms with Gasteiger partial charge in [0.25, 0.3) is 5.91 Å². The molecule has 0 spiro atoms. The first-order chi connectivity index (χ1) is 15.1. The van der Waals surface area contributed by atoms with Gasteiger partial charge in [0.15, 0.2) is 5.69 Å². The Labute approximate surface area is 183 Å². The van der Waals surface area contributed by atoms with Crippen molar-refractivity contribution in [2.45, 2.75) is 25.7 Å². The number of benzene rings is 1. The number of carbonyl (C=O) groups excluding carboxylic acids is 2. The molecular weight excluding hydrogens is 390 g/mol. The van der Waals surface area contributed by atoms with Crippen LogP contribution in [0.2, 0.25) is 0 Å². The lowest BCUT2D eigenvalue weighted by Crippen LogP contribution is -2.47. The molecule has 2 N–H and O–H groups in total. The summed E-state index contributed by atoms with van der Waals surface area (Å²) in [7, 11) is 2.07. The van der Waals surface area contributed by atoms with Crippen molar-refractivity contribution in [2.75, 3.05) is 50.4 Å². The second-order valence-corrected chi connectivity index (χ2v) is 8.59. The van der Waals surface area contributed by atoms with Crippen molar-refractivity contribution < 1.29 is 9.59 Å². The first kappa shape index (κ1) is 21.3. The van der Waals surface area contributed by atoms with Gasteiger partial charge in [-0.3, -0.25) is 9.59 Å². The fourth-order valence-corrected chi connectivity index (χ4v) is 3.97. The first-order valence-corrected chi connectivity index (χ1v) is 11.1. The van der Waals surface area contributed by atoms with Gasteiger partial charge in [0.05, 0.1) is 12.1 Å². The third-order valence-electron chi connectivity index (χ3n) is 6.22. The van der Waals surface area contributed by atoms with Crippen LogP contribution in [0.25, 0.3) is 0 Å². The second-order valence-electron chi connectivity index (χ2n) is 8.59. The minimum absolute atomic E-state index is 0.129. The Balaban J connectivity index is 1.37. The van der Waals surface area contributed by atoms with E-state index in [1.54, 1.807) is 6.20 Å². The summed E-state index contributed by atoms with van der Waals surface area (Å²) in [5.74, 6) is 0.564. The van der Waals surface area contributed by atoms with Gasteiger partial charge in [0, 0.05) is 44.6 Å². The molecular formula is C24H31N5O2. The molecule has 2 aromatic rings. The molecule has 1 aromatic heterocycles. The van der Waals surface area contributed by atoms with Crippen molar-refractivity contribution in [1.29, 1.82) is 0 Å². The fourth-order valence-electron chi connectivity index (χ4n) is 3.97. The van der Waals surface area contributed by atoms with Crippen molar-refractivity contribution in [3.8, 4) is 0 Å². The Morgan fingerprint density at radius 3 is 2.65 bits per heavy atom. The molecule has 0 bridgehead atoms. The molecule has 7 nitrogen and oxygen atoms in total. The Bertz CT molecular complexity index is 920. The molecule has 1 aromatic carbocycles. The number of hydrogen-bond donors (Lipinski definition) is 2. The number of pyridine rings is 1. The topological polar surface area (TPSA) is 77.6 Å². The summed E-state index contributed by atoms with van der Waals surface area (Å²) in [5, 5.41) is 6.32. The minimum Gasteiger partial charge on any atom is -0.383 e. The van der Waals surface area contributed by atoms with Crippen LogP contribution in [0.5, 0.6) is 0 Å². The molecule has 2 amide bonds. The molecule has 0 unspecified atom stereocenters. The highest BCUT2D eigenvalue weighted by Gasteiger charge is 2.20. The zero-order valence-corrected chi connectivity index (χ0v) is 18.1. The van der Waals surface area contributed by atoms with E-state index < -0.39 is 0 Å². The summed E-state index contributed by atoms with van der Waals surface area (Å²) in [6.07, 6.45) is 5.75. The molecule has 2 heterocycles. The van der Waals surface area contributed by atoms with Gasteiger partial charge in [-0.05, 0) is 55.6 Å². The highest BCUT2D eigenvalue weighted by Crippen LogP contribution is 2.27. The van der Waals surface area contributed by atoms with Gasteiger partial charge in [-0.25, -0.2) is 4.98 Å². The number of amides is 2. The number of anilines is 2. The van der Waals surface area contributed by atoms with Gasteiger partial charge in [0.1, 0.15) is 0 Å². The van der Waals surface area contributed by atoms with Crippen LogP contribution < -0.4 is 10.6 Å². The maximum Gasteiger partial charge on any atom is 0.276 e. The molecule has 31 heavy (non-hydrogen) atoms. The van der Waals surface area contributed by atoms with Gasteiger partial charge < -0.3 is 20.4 Å². The fraction of sp³-hybridized carbons (Fsp3) is 0.458. The van der Waals surface area contributed by atoms with E-state index in [4.69, 9.17) is 0 Å². The quantitative estimate of drug-likeness (QED) is 0.719. The summed E-state index contributed by atoms with van der Waals surface area (Å²) >= 11 is 0. The Morgan fingerprint density at radius 1 is 1.10 bits per heavy atom. The average Bonchev–Trinajstić information content (AvgIpc) is 2.73. The molecule has 4 rings (SSSR count). The van der Waals surface area contributed by atoms with Gasteiger partial charge >= 0.3 is 0 Å². The standard InChI is InChI=1S/C24H31N5O2/c1-28-11-13-29(14-12-28)22(30)16-19-7-3-8-20(15-19)27-24(31)23-21(9-4-10-25-23)26-17-18-5-2-6-18/h3-4,7-10,15,18,26H,2,5-6,11-14,16-17H2,1H3,(H,27,31). The van der Waals surface area contributed by atoms with Crippen LogP contribution >= 0.6 is 0 Å². The molecule has 1 saturated carbocycles. The van der Waals surface area contributed by atoms with Crippen molar-refractivity contribution in [2.24, 2.45) is 5.92 Å². The van der Waals surface area contributed by atoms with E-state index in [0.717, 1.165) is 44.0 Å². The summed E-state index contributed by atoms with van der Waals surface area (Å²) < 4.78 is 0. The predicted octanol–water partition coefficient (Wildman–Crippen LogP) is 2.86. The number of hydrogen-bond acceptors (Lipinski definition) is 5. The normalized spacial score (nSPS) is 17.1. The van der Waals surface area contributed by atoms with Gasteiger partial charge in [-0.15, -0.1) is 0 Å². The lowest BCUT2D eigenvalue weighted by Gasteiger charge is -2.32. The third-order valence-corrected chi connectivity index (χ3v) is 6.22. The highest BCUT2D eigenvalue weighted by atomic mass is 16.2. The molecule has 164 valence electrons. The van der Waals surface area contributed by atoms with Gasteiger partial charge in [0.2, 0.25) is 5.91 Å². The highest BCUT2D eigenvalue weighted by molar-refractivity contribution is 6.06. The van der Waals surface area contributed by atoms with Crippen LogP contribution in [-0.2, 0) is 11.2 Å². The lowest BCUT2D eigenvalue weighted by atomic mass is 9.85. The molecule has 2 aliphatic rings. The monoisotopic (exact) mass is 421 g/mol. The molecule has 0 radical (unpaired) electrons. The Kier molecular flexibility index (Phi) is 6.82. The summed E-state index contributed by atoms with van der Waals surface area (Å²) in [4.78, 5) is 34.0. The third kappa shape index (κ3) is 5.61. The molecule has 1 aliphatic carbocycles. The van der Waals surface area contributed by atoms with Gasteiger partial charge in [-0.1, -0.05) is 18.6 Å². The largest absolute Gasteiger partial charge is 0.383 e. The van der Waals surface area contributed by atoms with Crippen LogP contribution in [0.4, 0.5) is 11.4 Å². The van der Waals surface area contributed by atoms with Crippen LogP contribution in [0, 0.1) is 5.92 Å². The number of likely N-dealkylation sites (N-methyl/N-ethyl adjacent to an activating group) is 1. The number of rotatable bonds is 7. The maximum absolute atomic E-state index is 12.9. The van der Waals surface area contributed by atoms with E-state index in [1.807, 2.05) is 41.3 Å². The van der Waals surface area contributed by atoms with Crippen LogP contribution in [0.3, 0.4) is 0 Å². The SMILES string of the molecule is CN1CCN(C(=O)Cc2cccc(NC(=O)c3ncccc3NCC3CCC3)c2)CC1. The Hall–Kier alpha value is -2.93. The van der Waals surface area contributed by atoms with E-state index in [9.17, 15) is 9.59 Å². The summed E-state index contributed by atoms with van der Waals surface area (Å²) in [6, 6.07) is 11.2. The molecule has 2 fully saturated rings. The van der Waals surface area contributed by atoms with E-state index in [2.05, 4.69) is 27.6 Å². The van der Waals surface area contributed by atoms with Crippen molar-refractivity contribution >= 4 is 23.2 Å². The van der Waals surface area contributed by atoms with Gasteiger partial charge in [-0.2, -0.15) is 0 Å². The zero-order valence-electron chi connectivity index (χ0n) is 18.1. The second kappa shape index (κ2) is 9.92. The number of nitrogens with zero attached hydrogens (tertiary/aromatic N) is 3. The first-order valence-electron chi connectivity index (χ1n) is 11.1. The lowest BCUT2D eigenvalue weighted by molar-refractivity contribution is -0.132.